The van der Waals surface area contributed by atoms with Gasteiger partial charge in [0.15, 0.2) is 0 Å². The molecule has 14 heavy (non-hydrogen) atoms. The Balaban J connectivity index is 3.23. The van der Waals surface area contributed by atoms with Gasteiger partial charge in [0.2, 0.25) is 0 Å². The van der Waals surface area contributed by atoms with E-state index < -0.39 is 11.0 Å². The summed E-state index contributed by atoms with van der Waals surface area (Å²) in [6, 6.07) is 6.57. The van der Waals surface area contributed by atoms with Crippen molar-refractivity contribution < 1.29 is 9.50 Å². The summed E-state index contributed by atoms with van der Waals surface area (Å²) in [5.74, 6) is -0.264. The van der Waals surface area contributed by atoms with Gasteiger partial charge in [0.25, 0.3) is 0 Å². The molecule has 78 valence electrons. The molecule has 0 aliphatic rings. The molecule has 0 bridgehead atoms. The molecular formula is C12H17FO. The van der Waals surface area contributed by atoms with Crippen LogP contribution in [0.2, 0.25) is 0 Å². The molecule has 0 aliphatic carbocycles. The monoisotopic (exact) mass is 196 g/mol. The summed E-state index contributed by atoms with van der Waals surface area (Å²) in [5.41, 5.74) is -0.999. The number of aliphatic hydroxyl groups is 1. The summed E-state index contributed by atoms with van der Waals surface area (Å²) in [4.78, 5) is 0. The minimum absolute atomic E-state index is 0.264. The van der Waals surface area contributed by atoms with Gasteiger partial charge < -0.3 is 5.11 Å². The topological polar surface area (TPSA) is 20.2 Å². The van der Waals surface area contributed by atoms with Gasteiger partial charge in [-0.25, -0.2) is 4.39 Å². The zero-order valence-electron chi connectivity index (χ0n) is 9.13. The fourth-order valence-corrected chi connectivity index (χ4v) is 1.30. The van der Waals surface area contributed by atoms with Crippen molar-refractivity contribution in [2.24, 2.45) is 0 Å². The Labute approximate surface area is 84.6 Å². The van der Waals surface area contributed by atoms with Crippen LogP contribution in [-0.4, -0.2) is 10.7 Å². The van der Waals surface area contributed by atoms with Crippen LogP contribution in [0.15, 0.2) is 24.3 Å². The third-order valence-electron chi connectivity index (χ3n) is 3.08. The molecule has 1 N–H and O–H groups in total. The molecule has 1 aromatic rings. The highest BCUT2D eigenvalue weighted by Crippen LogP contribution is 2.35. The first-order chi connectivity index (χ1) is 6.27. The second-order valence-corrected chi connectivity index (χ2v) is 4.66. The van der Waals surface area contributed by atoms with Crippen molar-refractivity contribution in [2.75, 3.05) is 0 Å². The highest BCUT2D eigenvalue weighted by atomic mass is 19.1. The number of hydrogen-bond acceptors (Lipinski definition) is 1. The second kappa shape index (κ2) is 3.35. The average Bonchev–Trinajstić information content (AvgIpc) is 2.02. The Morgan fingerprint density at radius 1 is 1.07 bits per heavy atom. The van der Waals surface area contributed by atoms with Gasteiger partial charge in [0.05, 0.1) is 5.60 Å². The van der Waals surface area contributed by atoms with Crippen molar-refractivity contribution in [3.63, 3.8) is 0 Å². The number of hydrogen-bond donors (Lipinski definition) is 1. The minimum Gasteiger partial charge on any atom is -0.390 e. The second-order valence-electron chi connectivity index (χ2n) is 4.66. The first kappa shape index (κ1) is 11.2. The van der Waals surface area contributed by atoms with Crippen molar-refractivity contribution in [2.45, 2.75) is 38.7 Å². The van der Waals surface area contributed by atoms with Gasteiger partial charge in [0, 0.05) is 5.41 Å². The van der Waals surface area contributed by atoms with Gasteiger partial charge in [-0.15, -0.1) is 0 Å². The summed E-state index contributed by atoms with van der Waals surface area (Å²) in [5, 5.41) is 9.96. The maximum Gasteiger partial charge on any atom is 0.127 e. The summed E-state index contributed by atoms with van der Waals surface area (Å²) in [7, 11) is 0. The summed E-state index contributed by atoms with van der Waals surface area (Å²) < 4.78 is 13.5. The van der Waals surface area contributed by atoms with Gasteiger partial charge in [-0.2, -0.15) is 0 Å². The Bertz CT molecular complexity index is 323. The van der Waals surface area contributed by atoms with E-state index in [-0.39, 0.29) is 5.82 Å². The quantitative estimate of drug-likeness (QED) is 0.771. The standard InChI is InChI=1S/C12H17FO/c1-11(2,12(3,4)14)9-7-5-6-8-10(9)13/h5-8,14H,1-4H3. The number of benzene rings is 1. The average molecular weight is 196 g/mol. The van der Waals surface area contributed by atoms with Gasteiger partial charge in [-0.1, -0.05) is 32.0 Å². The molecule has 1 nitrogen and oxygen atoms in total. The van der Waals surface area contributed by atoms with Gasteiger partial charge >= 0.3 is 0 Å². The van der Waals surface area contributed by atoms with Crippen LogP contribution in [0.1, 0.15) is 33.3 Å². The fourth-order valence-electron chi connectivity index (χ4n) is 1.30. The van der Waals surface area contributed by atoms with E-state index in [4.69, 9.17) is 0 Å². The van der Waals surface area contributed by atoms with E-state index in [0.717, 1.165) is 0 Å². The van der Waals surface area contributed by atoms with Crippen molar-refractivity contribution in [1.29, 1.82) is 0 Å². The molecule has 0 saturated heterocycles. The smallest absolute Gasteiger partial charge is 0.127 e. The lowest BCUT2D eigenvalue weighted by molar-refractivity contribution is 0.00809. The molecular weight excluding hydrogens is 179 g/mol. The fraction of sp³-hybridized carbons (Fsp3) is 0.500. The molecule has 1 aromatic carbocycles. The Morgan fingerprint density at radius 3 is 2.00 bits per heavy atom. The highest BCUT2D eigenvalue weighted by molar-refractivity contribution is 5.28. The lowest BCUT2D eigenvalue weighted by Gasteiger charge is -2.37. The minimum atomic E-state index is -0.949. The Kier molecular flexibility index (Phi) is 2.68. The van der Waals surface area contributed by atoms with Crippen LogP contribution >= 0.6 is 0 Å². The molecule has 0 spiro atoms. The SMILES string of the molecule is CC(C)(O)C(C)(C)c1ccccc1F. The first-order valence-electron chi connectivity index (χ1n) is 4.74. The highest BCUT2D eigenvalue weighted by Gasteiger charge is 2.38. The molecule has 0 heterocycles. The molecule has 0 aliphatic heterocycles. The van der Waals surface area contributed by atoms with Crippen molar-refractivity contribution in [3.05, 3.63) is 35.6 Å². The Morgan fingerprint density at radius 2 is 1.57 bits per heavy atom. The largest absolute Gasteiger partial charge is 0.390 e. The van der Waals surface area contributed by atoms with Crippen LogP contribution in [0.4, 0.5) is 4.39 Å². The van der Waals surface area contributed by atoms with Crippen LogP contribution in [0.3, 0.4) is 0 Å². The van der Waals surface area contributed by atoms with Crippen LogP contribution in [0, 0.1) is 5.82 Å². The van der Waals surface area contributed by atoms with E-state index >= 15 is 0 Å². The van der Waals surface area contributed by atoms with E-state index in [9.17, 15) is 9.50 Å². The molecule has 0 saturated carbocycles. The maximum atomic E-state index is 13.5. The molecule has 0 amide bonds. The van der Waals surface area contributed by atoms with E-state index in [0.29, 0.717) is 5.56 Å². The van der Waals surface area contributed by atoms with Crippen molar-refractivity contribution >= 4 is 0 Å². The lowest BCUT2D eigenvalue weighted by Crippen LogP contribution is -2.43. The van der Waals surface area contributed by atoms with E-state index in [1.54, 1.807) is 32.0 Å². The molecule has 0 unspecified atom stereocenters. The molecule has 0 atom stereocenters. The zero-order chi connectivity index (χ0) is 11.0. The normalized spacial score (nSPS) is 13.0. The van der Waals surface area contributed by atoms with E-state index in [1.165, 1.54) is 6.07 Å². The Hall–Kier alpha value is -0.890. The van der Waals surface area contributed by atoms with Crippen LogP contribution in [-0.2, 0) is 5.41 Å². The van der Waals surface area contributed by atoms with Gasteiger partial charge in [0.1, 0.15) is 5.82 Å². The third-order valence-corrected chi connectivity index (χ3v) is 3.08. The molecule has 0 aromatic heterocycles. The summed E-state index contributed by atoms with van der Waals surface area (Å²) in [6.45, 7) is 7.07. The third kappa shape index (κ3) is 1.80. The zero-order valence-corrected chi connectivity index (χ0v) is 9.13. The number of halogens is 1. The first-order valence-corrected chi connectivity index (χ1v) is 4.74. The van der Waals surface area contributed by atoms with Crippen LogP contribution < -0.4 is 0 Å². The van der Waals surface area contributed by atoms with Crippen LogP contribution in [0.25, 0.3) is 0 Å². The summed E-state index contributed by atoms with van der Waals surface area (Å²) in [6.07, 6.45) is 0. The predicted molar refractivity (Wildman–Crippen MR) is 55.7 cm³/mol. The van der Waals surface area contributed by atoms with Gasteiger partial charge in [-0.3, -0.25) is 0 Å². The molecule has 1 rings (SSSR count). The number of rotatable bonds is 2. The lowest BCUT2D eigenvalue weighted by atomic mass is 9.72. The van der Waals surface area contributed by atoms with Crippen molar-refractivity contribution in [3.8, 4) is 0 Å². The van der Waals surface area contributed by atoms with E-state index in [1.807, 2.05) is 13.8 Å². The van der Waals surface area contributed by atoms with Crippen LogP contribution in [0.5, 0.6) is 0 Å². The van der Waals surface area contributed by atoms with Crippen molar-refractivity contribution in [1.82, 2.24) is 0 Å². The van der Waals surface area contributed by atoms with Gasteiger partial charge in [-0.05, 0) is 25.5 Å². The molecule has 2 heteroatoms. The maximum absolute atomic E-state index is 13.5. The van der Waals surface area contributed by atoms with E-state index in [2.05, 4.69) is 0 Å². The summed E-state index contributed by atoms with van der Waals surface area (Å²) >= 11 is 0. The molecule has 0 radical (unpaired) electrons. The predicted octanol–water partition coefficient (Wildman–Crippen LogP) is 2.87. The molecule has 0 fully saturated rings.